The van der Waals surface area contributed by atoms with Crippen molar-refractivity contribution >= 4 is 11.9 Å². The van der Waals surface area contributed by atoms with Gasteiger partial charge < -0.3 is 5.73 Å². The average Bonchev–Trinajstić information content (AvgIpc) is 2.68. The van der Waals surface area contributed by atoms with Crippen molar-refractivity contribution in [1.82, 2.24) is 4.90 Å². The molecule has 2 N–H and O–H groups in total. The second-order valence-corrected chi connectivity index (χ2v) is 7.91. The molecule has 5 nitrogen and oxygen atoms in total. The Kier molecular flexibility index (Phi) is 4.91. The number of halogens is 2. The third-order valence-corrected chi connectivity index (χ3v) is 5.57. The number of nitriles is 1. The fourth-order valence-corrected chi connectivity index (χ4v) is 3.66. The van der Waals surface area contributed by atoms with E-state index in [1.165, 1.54) is 24.1 Å². The maximum Gasteiger partial charge on any atom is 0.239 e. The zero-order valence-electron chi connectivity index (χ0n) is 16.7. The highest BCUT2D eigenvalue weighted by Gasteiger charge is 2.48. The number of carbonyl (C=O) groups excluding carboxylic acids is 1. The summed E-state index contributed by atoms with van der Waals surface area (Å²) in [6.45, 7) is 5.15. The highest BCUT2D eigenvalue weighted by atomic mass is 19.2. The summed E-state index contributed by atoms with van der Waals surface area (Å²) >= 11 is 0. The Morgan fingerprint density at radius 1 is 1.21 bits per heavy atom. The molecule has 0 bridgehead atoms. The first-order valence-electron chi connectivity index (χ1n) is 9.12. The van der Waals surface area contributed by atoms with Crippen LogP contribution < -0.4 is 5.73 Å². The first kappa shape index (κ1) is 20.5. The quantitative estimate of drug-likeness (QED) is 0.861. The van der Waals surface area contributed by atoms with Gasteiger partial charge in [-0.1, -0.05) is 36.4 Å². The van der Waals surface area contributed by atoms with E-state index in [4.69, 9.17) is 5.73 Å². The number of guanidine groups is 1. The van der Waals surface area contributed by atoms with Gasteiger partial charge in [-0.05, 0) is 38.0 Å². The Bertz CT molecular complexity index is 1040. The lowest BCUT2D eigenvalue weighted by Gasteiger charge is -2.41. The fraction of sp³-hybridized carbons (Fsp3) is 0.318. The minimum absolute atomic E-state index is 0.0478. The van der Waals surface area contributed by atoms with E-state index in [1.807, 2.05) is 0 Å². The average molecular weight is 396 g/mol. The molecular formula is C22H22F2N4O. The topological polar surface area (TPSA) is 82.5 Å². The van der Waals surface area contributed by atoms with Crippen LogP contribution in [0.4, 0.5) is 8.78 Å². The van der Waals surface area contributed by atoms with Crippen LogP contribution >= 0.6 is 0 Å². The van der Waals surface area contributed by atoms with Gasteiger partial charge in [0.15, 0.2) is 17.6 Å². The third kappa shape index (κ3) is 3.25. The normalized spacial score (nSPS) is 22.2. The van der Waals surface area contributed by atoms with Gasteiger partial charge in [-0.3, -0.25) is 9.69 Å². The van der Waals surface area contributed by atoms with Crippen LogP contribution in [0.25, 0.3) is 0 Å². The van der Waals surface area contributed by atoms with Gasteiger partial charge in [-0.2, -0.15) is 5.26 Å². The number of hydrogen-bond acceptors (Lipinski definition) is 4. The molecule has 150 valence electrons. The Morgan fingerprint density at radius 3 is 2.41 bits per heavy atom. The Labute approximate surface area is 168 Å². The van der Waals surface area contributed by atoms with Crippen LogP contribution in [0.1, 0.15) is 43.4 Å². The molecule has 0 fully saturated rings. The van der Waals surface area contributed by atoms with Gasteiger partial charge in [-0.25, -0.2) is 13.8 Å². The van der Waals surface area contributed by atoms with Crippen molar-refractivity contribution in [2.45, 2.75) is 37.6 Å². The molecule has 1 heterocycles. The van der Waals surface area contributed by atoms with Crippen molar-refractivity contribution in [2.24, 2.45) is 10.7 Å². The number of amides is 1. The number of carbonyl (C=O) groups is 1. The third-order valence-electron chi connectivity index (χ3n) is 5.57. The molecule has 3 rings (SSSR count). The molecule has 1 aliphatic rings. The lowest BCUT2D eigenvalue weighted by molar-refractivity contribution is -0.130. The molecule has 0 radical (unpaired) electrons. The number of rotatable bonds is 3. The summed E-state index contributed by atoms with van der Waals surface area (Å²) in [4.78, 5) is 18.8. The van der Waals surface area contributed by atoms with Crippen molar-refractivity contribution in [3.05, 3.63) is 70.8 Å². The second kappa shape index (κ2) is 6.96. The van der Waals surface area contributed by atoms with E-state index in [-0.39, 0.29) is 17.4 Å². The van der Waals surface area contributed by atoms with Crippen molar-refractivity contribution in [3.63, 3.8) is 0 Å². The van der Waals surface area contributed by atoms with Crippen LogP contribution in [0.3, 0.4) is 0 Å². The summed E-state index contributed by atoms with van der Waals surface area (Å²) in [5.74, 6) is -3.45. The van der Waals surface area contributed by atoms with E-state index >= 15 is 0 Å². The summed E-state index contributed by atoms with van der Waals surface area (Å²) < 4.78 is 28.6. The van der Waals surface area contributed by atoms with Gasteiger partial charge in [-0.15, -0.1) is 0 Å². The molecule has 7 heteroatoms. The second-order valence-electron chi connectivity index (χ2n) is 7.91. The molecule has 0 unspecified atom stereocenters. The molecule has 0 saturated heterocycles. The van der Waals surface area contributed by atoms with Gasteiger partial charge in [0, 0.05) is 12.6 Å². The van der Waals surface area contributed by atoms with Crippen LogP contribution in [-0.2, 0) is 15.7 Å². The van der Waals surface area contributed by atoms with Crippen LogP contribution in [-0.4, -0.2) is 23.8 Å². The summed E-state index contributed by atoms with van der Waals surface area (Å²) in [5.41, 5.74) is 5.07. The van der Waals surface area contributed by atoms with E-state index in [0.717, 1.165) is 11.6 Å². The number of nitrogens with two attached hydrogens (primary N) is 1. The molecule has 2 atom stereocenters. The number of aliphatic imine (C=N–C) groups is 1. The smallest absolute Gasteiger partial charge is 0.239 e. The molecule has 0 aliphatic carbocycles. The number of hydrogen-bond donors (Lipinski definition) is 1. The van der Waals surface area contributed by atoms with Crippen LogP contribution in [0.2, 0.25) is 0 Å². The highest BCUT2D eigenvalue weighted by molar-refractivity contribution is 6.02. The molecule has 2 aromatic carbocycles. The van der Waals surface area contributed by atoms with Crippen molar-refractivity contribution in [1.29, 1.82) is 5.26 Å². The minimum atomic E-state index is -1.44. The lowest BCUT2D eigenvalue weighted by Crippen LogP contribution is -2.52. The Balaban J connectivity index is 2.20. The highest BCUT2D eigenvalue weighted by Crippen LogP contribution is 2.45. The molecular weight excluding hydrogens is 374 g/mol. The van der Waals surface area contributed by atoms with Gasteiger partial charge >= 0.3 is 0 Å². The minimum Gasteiger partial charge on any atom is -0.369 e. The molecule has 0 aromatic heterocycles. The van der Waals surface area contributed by atoms with Crippen LogP contribution in [0.5, 0.6) is 0 Å². The van der Waals surface area contributed by atoms with E-state index in [1.54, 1.807) is 45.0 Å². The van der Waals surface area contributed by atoms with Crippen molar-refractivity contribution < 1.29 is 13.6 Å². The van der Waals surface area contributed by atoms with Crippen molar-refractivity contribution in [2.75, 3.05) is 7.05 Å². The maximum atomic E-state index is 14.7. The zero-order chi connectivity index (χ0) is 21.6. The van der Waals surface area contributed by atoms with Gasteiger partial charge in [0.05, 0.1) is 17.4 Å². The summed E-state index contributed by atoms with van der Waals surface area (Å²) in [6, 6.07) is 13.0. The van der Waals surface area contributed by atoms with Crippen molar-refractivity contribution in [3.8, 4) is 6.07 Å². The maximum absolute atomic E-state index is 14.7. The zero-order valence-corrected chi connectivity index (χ0v) is 16.7. The summed E-state index contributed by atoms with van der Waals surface area (Å²) in [7, 11) is 1.49. The molecule has 0 spiro atoms. The first-order valence-corrected chi connectivity index (χ1v) is 9.12. The molecule has 0 saturated carbocycles. The predicted molar refractivity (Wildman–Crippen MR) is 106 cm³/mol. The standard InChI is InChI=1S/C22H22F2N4O/c1-21(2,12-25)14-10-8-13(9-11-14)17-19(29)28(4)20(26)27-22(17,3)15-6-5-7-16(23)18(15)24/h5-11,17H,1-4H3,(H2,26,27)/t17-,22+/m0/s1. The van der Waals surface area contributed by atoms with Crippen LogP contribution in [0, 0.1) is 23.0 Å². The first-order chi connectivity index (χ1) is 13.5. The van der Waals surface area contributed by atoms with Crippen LogP contribution in [0.15, 0.2) is 47.5 Å². The Hall–Kier alpha value is -3.27. The SMILES string of the molecule is CN1C(=O)[C@H](c2ccc(C(C)(C)C#N)cc2)[C@@](C)(c2cccc(F)c2F)N=C1N. The predicted octanol–water partition coefficient (Wildman–Crippen LogP) is 3.55. The Morgan fingerprint density at radius 2 is 1.83 bits per heavy atom. The number of nitrogens with zero attached hydrogens (tertiary/aromatic N) is 3. The van der Waals surface area contributed by atoms with E-state index < -0.39 is 28.5 Å². The summed E-state index contributed by atoms with van der Waals surface area (Å²) in [6.07, 6.45) is 0. The molecule has 29 heavy (non-hydrogen) atoms. The molecule has 1 amide bonds. The van der Waals surface area contributed by atoms with Gasteiger partial charge in [0.2, 0.25) is 5.91 Å². The van der Waals surface area contributed by atoms with E-state index in [0.29, 0.717) is 5.56 Å². The summed E-state index contributed by atoms with van der Waals surface area (Å²) in [5, 5.41) is 9.34. The van der Waals surface area contributed by atoms with E-state index in [2.05, 4.69) is 11.1 Å². The lowest BCUT2D eigenvalue weighted by atomic mass is 9.73. The number of likely N-dealkylation sites (N-methyl/N-ethyl adjacent to an activating group) is 1. The van der Waals surface area contributed by atoms with E-state index in [9.17, 15) is 18.8 Å². The molecule has 2 aromatic rings. The molecule has 1 aliphatic heterocycles. The fourth-order valence-electron chi connectivity index (χ4n) is 3.66. The largest absolute Gasteiger partial charge is 0.369 e. The van der Waals surface area contributed by atoms with Gasteiger partial charge in [0.1, 0.15) is 5.54 Å². The monoisotopic (exact) mass is 396 g/mol. The van der Waals surface area contributed by atoms with Gasteiger partial charge in [0.25, 0.3) is 0 Å². The number of benzene rings is 2.